The largest absolute Gasteiger partial charge is 0.334 e. The second-order valence-corrected chi connectivity index (χ2v) is 7.68. The van der Waals surface area contributed by atoms with Crippen LogP contribution in [0.1, 0.15) is 37.9 Å². The molecule has 1 aromatic carbocycles. The normalized spacial score (nSPS) is 17.3. The Kier molecular flexibility index (Phi) is 5.30. The van der Waals surface area contributed by atoms with Crippen LogP contribution in [-0.2, 0) is 22.6 Å². The number of hydrogen-bond donors (Lipinski definition) is 1. The molecule has 2 amide bonds. The van der Waals surface area contributed by atoms with Gasteiger partial charge in [0.1, 0.15) is 5.82 Å². The van der Waals surface area contributed by atoms with E-state index in [1.807, 2.05) is 0 Å². The number of amides is 2. The summed E-state index contributed by atoms with van der Waals surface area (Å²) in [7, 11) is 0. The van der Waals surface area contributed by atoms with Gasteiger partial charge in [-0.1, -0.05) is 6.42 Å². The molecule has 2 aliphatic rings. The van der Waals surface area contributed by atoms with Gasteiger partial charge in [-0.2, -0.15) is 5.26 Å². The van der Waals surface area contributed by atoms with Gasteiger partial charge in [-0.05, 0) is 43.9 Å². The summed E-state index contributed by atoms with van der Waals surface area (Å²) in [6, 6.07) is 7.17. The smallest absolute Gasteiger partial charge is 0.313 e. The van der Waals surface area contributed by atoms with Gasteiger partial charge >= 0.3 is 11.8 Å². The molecule has 0 radical (unpaired) electrons. The van der Waals surface area contributed by atoms with Crippen molar-refractivity contribution in [2.45, 2.75) is 45.1 Å². The highest BCUT2D eigenvalue weighted by Gasteiger charge is 2.27. The van der Waals surface area contributed by atoms with E-state index in [0.717, 1.165) is 31.5 Å². The van der Waals surface area contributed by atoms with Crippen LogP contribution in [-0.4, -0.2) is 39.4 Å². The Morgan fingerprint density at radius 2 is 1.93 bits per heavy atom. The predicted molar refractivity (Wildman–Crippen MR) is 107 cm³/mol. The van der Waals surface area contributed by atoms with Crippen molar-refractivity contribution in [1.82, 2.24) is 14.5 Å². The number of carbonyl (C=O) groups is 2. The van der Waals surface area contributed by atoms with Crippen molar-refractivity contribution in [3.8, 4) is 6.07 Å². The lowest BCUT2D eigenvalue weighted by atomic mass is 9.98. The summed E-state index contributed by atoms with van der Waals surface area (Å²) in [6.07, 6.45) is 5.01. The standard InChI is InChI=1S/C21H23N5O3/c22-13-14-7-10-25(11-8-14)21(29)19(27)23-15-5-6-17-16(12-15)20(28)26-9-3-1-2-4-18(26)24-17/h5-6,12,14H,1-4,7-11H2,(H,23,27). The molecule has 1 saturated heterocycles. The maximum Gasteiger partial charge on any atom is 0.313 e. The minimum atomic E-state index is -0.734. The van der Waals surface area contributed by atoms with Gasteiger partial charge in [0.25, 0.3) is 5.56 Å². The van der Waals surface area contributed by atoms with E-state index in [1.54, 1.807) is 22.8 Å². The van der Waals surface area contributed by atoms with E-state index in [9.17, 15) is 14.4 Å². The molecule has 29 heavy (non-hydrogen) atoms. The minimum Gasteiger partial charge on any atom is -0.334 e. The molecule has 2 aromatic rings. The number of hydrogen-bond acceptors (Lipinski definition) is 5. The highest BCUT2D eigenvalue weighted by molar-refractivity contribution is 6.39. The van der Waals surface area contributed by atoms with Gasteiger partial charge in [0, 0.05) is 37.7 Å². The number of aryl methyl sites for hydroxylation is 1. The fourth-order valence-corrected chi connectivity index (χ4v) is 4.04. The Morgan fingerprint density at radius 3 is 2.69 bits per heavy atom. The van der Waals surface area contributed by atoms with Gasteiger partial charge in [0.15, 0.2) is 0 Å². The van der Waals surface area contributed by atoms with Crippen LogP contribution in [0.5, 0.6) is 0 Å². The number of nitriles is 1. The minimum absolute atomic E-state index is 0.0572. The van der Waals surface area contributed by atoms with Crippen molar-refractivity contribution in [3.05, 3.63) is 34.4 Å². The molecule has 8 heteroatoms. The molecule has 0 saturated carbocycles. The predicted octanol–water partition coefficient (Wildman–Crippen LogP) is 1.82. The van der Waals surface area contributed by atoms with E-state index < -0.39 is 11.8 Å². The molecular formula is C21H23N5O3. The molecule has 4 rings (SSSR count). The van der Waals surface area contributed by atoms with E-state index in [0.29, 0.717) is 49.1 Å². The number of benzene rings is 1. The van der Waals surface area contributed by atoms with Gasteiger partial charge in [-0.25, -0.2) is 4.98 Å². The first-order valence-corrected chi connectivity index (χ1v) is 10.1. The summed E-state index contributed by atoms with van der Waals surface area (Å²) in [6.45, 7) is 1.46. The average molecular weight is 393 g/mol. The number of anilines is 1. The number of aromatic nitrogens is 2. The van der Waals surface area contributed by atoms with Crippen molar-refractivity contribution >= 4 is 28.4 Å². The van der Waals surface area contributed by atoms with Crippen LogP contribution >= 0.6 is 0 Å². The molecule has 0 bridgehead atoms. The van der Waals surface area contributed by atoms with Crippen LogP contribution in [0.4, 0.5) is 5.69 Å². The number of likely N-dealkylation sites (tertiary alicyclic amines) is 1. The van der Waals surface area contributed by atoms with E-state index in [-0.39, 0.29) is 11.5 Å². The Balaban J connectivity index is 1.53. The Bertz CT molecular complexity index is 1060. The summed E-state index contributed by atoms with van der Waals surface area (Å²) < 4.78 is 1.73. The zero-order valence-corrected chi connectivity index (χ0v) is 16.2. The molecule has 150 valence electrons. The molecular weight excluding hydrogens is 370 g/mol. The fraction of sp³-hybridized carbons (Fsp3) is 0.476. The zero-order chi connectivity index (χ0) is 20.4. The summed E-state index contributed by atoms with van der Waals surface area (Å²) in [5, 5.41) is 12.0. The summed E-state index contributed by atoms with van der Waals surface area (Å²) >= 11 is 0. The third-order valence-corrected chi connectivity index (χ3v) is 5.73. The van der Waals surface area contributed by atoms with Crippen LogP contribution in [0, 0.1) is 17.2 Å². The van der Waals surface area contributed by atoms with Crippen LogP contribution < -0.4 is 10.9 Å². The first-order valence-electron chi connectivity index (χ1n) is 10.1. The topological polar surface area (TPSA) is 108 Å². The Hall–Kier alpha value is -3.21. The molecule has 0 spiro atoms. The third-order valence-electron chi connectivity index (χ3n) is 5.73. The lowest BCUT2D eigenvalue weighted by Gasteiger charge is -2.28. The highest BCUT2D eigenvalue weighted by Crippen LogP contribution is 2.19. The second-order valence-electron chi connectivity index (χ2n) is 7.68. The molecule has 0 atom stereocenters. The molecule has 0 aliphatic carbocycles. The summed E-state index contributed by atoms with van der Waals surface area (Å²) in [4.78, 5) is 43.8. The van der Waals surface area contributed by atoms with E-state index in [2.05, 4.69) is 16.4 Å². The lowest BCUT2D eigenvalue weighted by Crippen LogP contribution is -2.44. The molecule has 0 unspecified atom stereocenters. The molecule has 8 nitrogen and oxygen atoms in total. The average Bonchev–Trinajstić information content (AvgIpc) is 2.99. The van der Waals surface area contributed by atoms with Crippen molar-refractivity contribution in [2.75, 3.05) is 18.4 Å². The number of piperidine rings is 1. The fourth-order valence-electron chi connectivity index (χ4n) is 4.04. The number of carbonyl (C=O) groups excluding carboxylic acids is 2. The number of fused-ring (bicyclic) bond motifs is 2. The van der Waals surface area contributed by atoms with Crippen LogP contribution in [0.15, 0.2) is 23.0 Å². The summed E-state index contributed by atoms with van der Waals surface area (Å²) in [5.41, 5.74) is 0.898. The third kappa shape index (κ3) is 3.86. The first kappa shape index (κ1) is 19.1. The van der Waals surface area contributed by atoms with Gasteiger partial charge in [0.2, 0.25) is 0 Å². The first-order chi connectivity index (χ1) is 14.1. The molecule has 1 aromatic heterocycles. The SMILES string of the molecule is N#CC1CCN(C(=O)C(=O)Nc2ccc3nc4n(c(=O)c3c2)CCCCC4)CC1. The van der Waals surface area contributed by atoms with E-state index in [1.165, 1.54) is 4.90 Å². The maximum absolute atomic E-state index is 12.9. The van der Waals surface area contributed by atoms with Crippen molar-refractivity contribution in [2.24, 2.45) is 5.92 Å². The van der Waals surface area contributed by atoms with Gasteiger partial charge < -0.3 is 10.2 Å². The summed E-state index contributed by atoms with van der Waals surface area (Å²) in [5.74, 6) is -0.591. The van der Waals surface area contributed by atoms with Gasteiger partial charge in [0.05, 0.1) is 17.0 Å². The van der Waals surface area contributed by atoms with Crippen molar-refractivity contribution in [3.63, 3.8) is 0 Å². The zero-order valence-electron chi connectivity index (χ0n) is 16.2. The Morgan fingerprint density at radius 1 is 1.14 bits per heavy atom. The van der Waals surface area contributed by atoms with Crippen LogP contribution in [0.3, 0.4) is 0 Å². The molecule has 2 aliphatic heterocycles. The van der Waals surface area contributed by atoms with Gasteiger partial charge in [-0.3, -0.25) is 19.0 Å². The quantitative estimate of drug-likeness (QED) is 0.744. The van der Waals surface area contributed by atoms with Crippen LogP contribution in [0.2, 0.25) is 0 Å². The maximum atomic E-state index is 12.9. The number of nitrogens with one attached hydrogen (secondary N) is 1. The van der Waals surface area contributed by atoms with Crippen LogP contribution in [0.25, 0.3) is 10.9 Å². The highest BCUT2D eigenvalue weighted by atomic mass is 16.2. The van der Waals surface area contributed by atoms with Gasteiger partial charge in [-0.15, -0.1) is 0 Å². The number of nitrogens with zero attached hydrogens (tertiary/aromatic N) is 4. The van der Waals surface area contributed by atoms with Crippen molar-refractivity contribution < 1.29 is 9.59 Å². The molecule has 3 heterocycles. The van der Waals surface area contributed by atoms with E-state index in [4.69, 9.17) is 5.26 Å². The lowest BCUT2D eigenvalue weighted by molar-refractivity contribution is -0.143. The Labute approximate surface area is 168 Å². The monoisotopic (exact) mass is 393 g/mol. The number of rotatable bonds is 1. The second kappa shape index (κ2) is 8.03. The molecule has 1 fully saturated rings. The van der Waals surface area contributed by atoms with Crippen molar-refractivity contribution in [1.29, 1.82) is 5.26 Å². The molecule has 1 N–H and O–H groups in total. The van der Waals surface area contributed by atoms with E-state index >= 15 is 0 Å².